The van der Waals surface area contributed by atoms with Crippen LogP contribution in [0.25, 0.3) is 0 Å². The van der Waals surface area contributed by atoms with Gasteiger partial charge in [-0.25, -0.2) is 4.98 Å². The van der Waals surface area contributed by atoms with Gasteiger partial charge in [0, 0.05) is 44.0 Å². The smallest absolute Gasteiger partial charge is 0.273 e. The molecule has 38 heavy (non-hydrogen) atoms. The molecule has 3 aliphatic rings. The van der Waals surface area contributed by atoms with E-state index in [1.165, 1.54) is 22.5 Å². The predicted octanol–water partition coefficient (Wildman–Crippen LogP) is 4.30. The number of ether oxygens (including phenoxy) is 1. The number of fused-ring (bicyclic) bond motifs is 1. The number of piperazine rings is 1. The average molecular weight is 531 g/mol. The van der Waals surface area contributed by atoms with Crippen molar-refractivity contribution in [3.8, 4) is 5.75 Å². The first-order valence-electron chi connectivity index (χ1n) is 13.5. The van der Waals surface area contributed by atoms with Crippen molar-refractivity contribution in [2.45, 2.75) is 38.8 Å². The van der Waals surface area contributed by atoms with E-state index in [1.54, 1.807) is 0 Å². The number of benzene rings is 2. The lowest BCUT2D eigenvalue weighted by Gasteiger charge is -2.38. The molecule has 7 nitrogen and oxygen atoms in total. The summed E-state index contributed by atoms with van der Waals surface area (Å²) in [7, 11) is 2.08. The zero-order valence-electron chi connectivity index (χ0n) is 22.1. The lowest BCUT2D eigenvalue weighted by molar-refractivity contribution is -0.134. The highest BCUT2D eigenvalue weighted by molar-refractivity contribution is 7.09. The second-order valence-corrected chi connectivity index (χ2v) is 11.7. The van der Waals surface area contributed by atoms with Crippen LogP contribution in [-0.4, -0.2) is 71.3 Å². The zero-order valence-corrected chi connectivity index (χ0v) is 22.9. The third-order valence-corrected chi connectivity index (χ3v) is 8.69. The van der Waals surface area contributed by atoms with Gasteiger partial charge in [0.1, 0.15) is 23.1 Å². The number of carbonyl (C=O) groups excluding carboxylic acids is 2. The second kappa shape index (κ2) is 10.5. The van der Waals surface area contributed by atoms with Crippen molar-refractivity contribution in [2.24, 2.45) is 5.92 Å². The van der Waals surface area contributed by atoms with Crippen molar-refractivity contribution in [3.63, 3.8) is 0 Å². The Morgan fingerprint density at radius 1 is 1.03 bits per heavy atom. The Morgan fingerprint density at radius 2 is 1.79 bits per heavy atom. The van der Waals surface area contributed by atoms with E-state index in [0.29, 0.717) is 12.3 Å². The SMILES string of the molecule is Cc1ccc([C@@H]2c3cc(OCc4nc(C(=O)N5CCN(C)CC5)cs4)ccc3CCN2C(=O)C2CC2)cc1. The minimum absolute atomic E-state index is 0.00394. The number of amides is 2. The zero-order chi connectivity index (χ0) is 26.2. The first-order valence-corrected chi connectivity index (χ1v) is 14.4. The molecule has 2 aliphatic heterocycles. The summed E-state index contributed by atoms with van der Waals surface area (Å²) < 4.78 is 6.18. The van der Waals surface area contributed by atoms with Crippen molar-refractivity contribution in [1.82, 2.24) is 19.7 Å². The quantitative estimate of drug-likeness (QED) is 0.476. The van der Waals surface area contributed by atoms with Crippen LogP contribution in [0.3, 0.4) is 0 Å². The molecule has 2 aromatic carbocycles. The molecule has 0 radical (unpaired) electrons. The number of hydrogen-bond acceptors (Lipinski definition) is 6. The van der Waals surface area contributed by atoms with E-state index in [9.17, 15) is 9.59 Å². The Kier molecular flexibility index (Phi) is 6.93. The summed E-state index contributed by atoms with van der Waals surface area (Å²) in [6.45, 7) is 6.37. The van der Waals surface area contributed by atoms with Crippen LogP contribution < -0.4 is 4.74 Å². The van der Waals surface area contributed by atoms with Crippen LogP contribution in [0.1, 0.15) is 56.6 Å². The van der Waals surface area contributed by atoms with E-state index in [0.717, 1.165) is 73.9 Å². The van der Waals surface area contributed by atoms with Gasteiger partial charge in [0.25, 0.3) is 5.91 Å². The molecule has 0 unspecified atom stereocenters. The van der Waals surface area contributed by atoms with E-state index in [1.807, 2.05) is 16.3 Å². The van der Waals surface area contributed by atoms with E-state index < -0.39 is 0 Å². The summed E-state index contributed by atoms with van der Waals surface area (Å²) >= 11 is 1.46. The number of aromatic nitrogens is 1. The maximum atomic E-state index is 13.3. The van der Waals surface area contributed by atoms with Gasteiger partial charge in [-0.2, -0.15) is 0 Å². The highest BCUT2D eigenvalue weighted by Gasteiger charge is 2.39. The Morgan fingerprint density at radius 3 is 2.53 bits per heavy atom. The van der Waals surface area contributed by atoms with E-state index in [-0.39, 0.29) is 23.8 Å². The first kappa shape index (κ1) is 25.1. The van der Waals surface area contributed by atoms with Crippen LogP contribution in [0.4, 0.5) is 0 Å². The molecule has 1 aliphatic carbocycles. The highest BCUT2D eigenvalue weighted by Crippen LogP contribution is 2.41. The summed E-state index contributed by atoms with van der Waals surface area (Å²) in [5.74, 6) is 1.20. The van der Waals surface area contributed by atoms with Gasteiger partial charge < -0.3 is 19.4 Å². The summed E-state index contributed by atoms with van der Waals surface area (Å²) in [5, 5.41) is 2.61. The van der Waals surface area contributed by atoms with Gasteiger partial charge in [-0.3, -0.25) is 9.59 Å². The number of aryl methyl sites for hydroxylation is 1. The van der Waals surface area contributed by atoms with Crippen LogP contribution in [-0.2, 0) is 17.8 Å². The van der Waals surface area contributed by atoms with Crippen LogP contribution >= 0.6 is 11.3 Å². The van der Waals surface area contributed by atoms with Gasteiger partial charge in [-0.1, -0.05) is 35.9 Å². The Hall–Kier alpha value is -3.23. The number of nitrogens with zero attached hydrogens (tertiary/aromatic N) is 4. The fourth-order valence-electron chi connectivity index (χ4n) is 5.39. The standard InChI is InChI=1S/C30H34N4O3S/c1-20-3-5-22(6-4-20)28-25-17-24(10-9-21(25)11-12-34(28)29(35)23-7-8-23)37-18-27-31-26(19-38-27)30(36)33-15-13-32(2)14-16-33/h3-6,9-10,17,19,23,28H,7-8,11-16,18H2,1-2H3/t28-/m1/s1. The first-order chi connectivity index (χ1) is 18.5. The largest absolute Gasteiger partial charge is 0.486 e. The molecule has 198 valence electrons. The third-order valence-electron chi connectivity index (χ3n) is 7.87. The number of hydrogen-bond donors (Lipinski definition) is 0. The molecule has 1 saturated heterocycles. The molecule has 2 fully saturated rings. The lowest BCUT2D eigenvalue weighted by atomic mass is 9.87. The van der Waals surface area contributed by atoms with Crippen LogP contribution in [0.2, 0.25) is 0 Å². The molecule has 0 bridgehead atoms. The maximum Gasteiger partial charge on any atom is 0.273 e. The molecule has 6 rings (SSSR count). The molecule has 1 aromatic heterocycles. The topological polar surface area (TPSA) is 66.0 Å². The lowest BCUT2D eigenvalue weighted by Crippen LogP contribution is -2.47. The Bertz CT molecular complexity index is 1330. The third kappa shape index (κ3) is 5.20. The number of likely N-dealkylation sites (N-methyl/N-ethyl adjacent to an activating group) is 1. The second-order valence-electron chi connectivity index (χ2n) is 10.7. The molecule has 0 N–H and O–H groups in total. The number of thiazole rings is 1. The number of rotatable bonds is 6. The molecular formula is C30H34N4O3S. The van der Waals surface area contributed by atoms with E-state index >= 15 is 0 Å². The van der Waals surface area contributed by atoms with Crippen molar-refractivity contribution >= 4 is 23.2 Å². The van der Waals surface area contributed by atoms with Crippen LogP contribution in [0.15, 0.2) is 47.8 Å². The van der Waals surface area contributed by atoms with E-state index in [2.05, 4.69) is 65.2 Å². The van der Waals surface area contributed by atoms with Gasteiger partial charge in [0.15, 0.2) is 0 Å². The van der Waals surface area contributed by atoms with Gasteiger partial charge in [-0.15, -0.1) is 11.3 Å². The summed E-state index contributed by atoms with van der Waals surface area (Å²) in [6.07, 6.45) is 2.85. The average Bonchev–Trinajstić information content (AvgIpc) is 3.68. The minimum Gasteiger partial charge on any atom is -0.486 e. The van der Waals surface area contributed by atoms with Gasteiger partial charge in [-0.05, 0) is 62.1 Å². The minimum atomic E-state index is -0.108. The molecule has 1 saturated carbocycles. The van der Waals surface area contributed by atoms with Crippen molar-refractivity contribution in [2.75, 3.05) is 39.8 Å². The molecule has 1 atom stereocenters. The fraction of sp³-hybridized carbons (Fsp3) is 0.433. The van der Waals surface area contributed by atoms with Gasteiger partial charge >= 0.3 is 0 Å². The Labute approximate surface area is 228 Å². The Balaban J connectivity index is 1.19. The fourth-order valence-corrected chi connectivity index (χ4v) is 6.06. The van der Waals surface area contributed by atoms with Crippen LogP contribution in [0.5, 0.6) is 5.75 Å². The highest BCUT2D eigenvalue weighted by atomic mass is 32.1. The van der Waals surface area contributed by atoms with Crippen molar-refractivity contribution in [3.05, 3.63) is 80.8 Å². The number of carbonyl (C=O) groups is 2. The molecule has 3 aromatic rings. The molecule has 0 spiro atoms. The van der Waals surface area contributed by atoms with Crippen molar-refractivity contribution in [1.29, 1.82) is 0 Å². The molecule has 8 heteroatoms. The monoisotopic (exact) mass is 530 g/mol. The van der Waals surface area contributed by atoms with Crippen molar-refractivity contribution < 1.29 is 14.3 Å². The summed E-state index contributed by atoms with van der Waals surface area (Å²) in [6, 6.07) is 14.6. The maximum absolute atomic E-state index is 13.3. The molecular weight excluding hydrogens is 496 g/mol. The van der Waals surface area contributed by atoms with Gasteiger partial charge in [0.2, 0.25) is 5.91 Å². The molecule has 3 heterocycles. The predicted molar refractivity (Wildman–Crippen MR) is 147 cm³/mol. The van der Waals surface area contributed by atoms with Gasteiger partial charge in [0.05, 0.1) is 6.04 Å². The van der Waals surface area contributed by atoms with E-state index in [4.69, 9.17) is 4.74 Å². The summed E-state index contributed by atoms with van der Waals surface area (Å²) in [4.78, 5) is 36.9. The normalized spacial score (nSPS) is 19.8. The summed E-state index contributed by atoms with van der Waals surface area (Å²) in [5.41, 5.74) is 5.23. The van der Waals surface area contributed by atoms with Crippen LogP contribution in [0, 0.1) is 12.8 Å². The molecule has 2 amide bonds.